The van der Waals surface area contributed by atoms with E-state index in [1.807, 2.05) is 5.32 Å². The number of carbonyl (C=O) groups excluding carboxylic acids is 2. The Balaban J connectivity index is 2.96. The highest BCUT2D eigenvalue weighted by Gasteiger charge is 2.62. The molecule has 1 aromatic carbocycles. The zero-order chi connectivity index (χ0) is 18.4. The molecule has 0 radical (unpaired) electrons. The average molecular weight is 350 g/mol. The third kappa shape index (κ3) is 4.92. The minimum atomic E-state index is -5.12. The molecule has 5 nitrogen and oxygen atoms in total. The molecular formula is C15H18F4N2O3. The van der Waals surface area contributed by atoms with Crippen LogP contribution in [0.4, 0.5) is 17.6 Å². The zero-order valence-corrected chi connectivity index (χ0v) is 13.2. The van der Waals surface area contributed by atoms with Crippen LogP contribution in [0.3, 0.4) is 0 Å². The van der Waals surface area contributed by atoms with Gasteiger partial charge in [-0.25, -0.2) is 9.18 Å². The van der Waals surface area contributed by atoms with Crippen molar-refractivity contribution in [3.05, 3.63) is 35.6 Å². The largest absolute Gasteiger partial charge is 0.463 e. The molecule has 0 spiro atoms. The lowest BCUT2D eigenvalue weighted by molar-refractivity contribution is -0.221. The van der Waals surface area contributed by atoms with Crippen molar-refractivity contribution in [2.24, 2.45) is 0 Å². The van der Waals surface area contributed by atoms with Crippen molar-refractivity contribution < 1.29 is 31.9 Å². The molecule has 1 amide bonds. The highest BCUT2D eigenvalue weighted by molar-refractivity contribution is 5.87. The third-order valence-electron chi connectivity index (χ3n) is 3.09. The first kappa shape index (κ1) is 19.9. The molecule has 1 atom stereocenters. The van der Waals surface area contributed by atoms with E-state index in [0.29, 0.717) is 5.56 Å². The summed E-state index contributed by atoms with van der Waals surface area (Å²) in [5, 5.41) is 3.63. The number of esters is 1. The molecule has 24 heavy (non-hydrogen) atoms. The minimum absolute atomic E-state index is 0.0805. The lowest BCUT2D eigenvalue weighted by atomic mass is 10.1. The summed E-state index contributed by atoms with van der Waals surface area (Å²) in [6, 6.07) is 5.17. The first-order valence-corrected chi connectivity index (χ1v) is 7.14. The van der Waals surface area contributed by atoms with Gasteiger partial charge in [-0.15, -0.1) is 0 Å². The summed E-state index contributed by atoms with van der Waals surface area (Å²) >= 11 is 0. The minimum Gasteiger partial charge on any atom is -0.463 e. The van der Waals surface area contributed by atoms with Crippen molar-refractivity contribution in [3.63, 3.8) is 0 Å². The van der Waals surface area contributed by atoms with Crippen LogP contribution in [0.5, 0.6) is 0 Å². The Morgan fingerprint density at radius 3 is 2.21 bits per heavy atom. The number of ether oxygens (including phenoxy) is 1. The smallest absolute Gasteiger partial charge is 0.436 e. The van der Waals surface area contributed by atoms with Crippen LogP contribution < -0.4 is 10.6 Å². The Morgan fingerprint density at radius 1 is 1.17 bits per heavy atom. The van der Waals surface area contributed by atoms with Gasteiger partial charge in [-0.3, -0.25) is 10.1 Å². The number of hydrogen-bond donors (Lipinski definition) is 2. The lowest BCUT2D eigenvalue weighted by Gasteiger charge is -2.34. The maximum Gasteiger partial charge on any atom is 0.436 e. The summed E-state index contributed by atoms with van der Waals surface area (Å²) in [5.41, 5.74) is -2.78. The van der Waals surface area contributed by atoms with Gasteiger partial charge in [0.05, 0.1) is 6.61 Å². The van der Waals surface area contributed by atoms with E-state index in [0.717, 1.165) is 6.92 Å². The monoisotopic (exact) mass is 350 g/mol. The molecule has 0 aliphatic rings. The quantitative estimate of drug-likeness (QED) is 0.448. The summed E-state index contributed by atoms with van der Waals surface area (Å²) in [7, 11) is 0. The molecule has 134 valence electrons. The maximum absolute atomic E-state index is 13.5. The van der Waals surface area contributed by atoms with Crippen molar-refractivity contribution in [3.8, 4) is 0 Å². The van der Waals surface area contributed by atoms with E-state index in [2.05, 4.69) is 4.74 Å². The molecule has 0 unspecified atom stereocenters. The molecule has 0 saturated carbocycles. The Labute approximate surface area is 136 Å². The summed E-state index contributed by atoms with van der Waals surface area (Å²) in [4.78, 5) is 23.1. The van der Waals surface area contributed by atoms with Crippen LogP contribution in [0.1, 0.15) is 19.4 Å². The van der Waals surface area contributed by atoms with Gasteiger partial charge in [0.25, 0.3) is 5.66 Å². The van der Waals surface area contributed by atoms with E-state index in [1.54, 1.807) is 5.32 Å². The van der Waals surface area contributed by atoms with E-state index < -0.39 is 29.5 Å². The number of amides is 1. The predicted molar refractivity (Wildman–Crippen MR) is 77.3 cm³/mol. The molecule has 0 bridgehead atoms. The first-order valence-electron chi connectivity index (χ1n) is 7.14. The van der Waals surface area contributed by atoms with Crippen LogP contribution in [0.15, 0.2) is 24.3 Å². The van der Waals surface area contributed by atoms with Crippen molar-refractivity contribution in [1.82, 2.24) is 10.6 Å². The van der Waals surface area contributed by atoms with Gasteiger partial charge in [-0.1, -0.05) is 12.1 Å². The lowest BCUT2D eigenvalue weighted by Crippen LogP contribution is -2.72. The maximum atomic E-state index is 13.5. The molecule has 1 rings (SSSR count). The number of carbonyl (C=O) groups is 2. The highest BCUT2D eigenvalue weighted by atomic mass is 19.4. The van der Waals surface area contributed by atoms with Gasteiger partial charge in [0, 0.05) is 13.5 Å². The summed E-state index contributed by atoms with van der Waals surface area (Å²) in [5.74, 6) is -3.16. The van der Waals surface area contributed by atoms with E-state index in [-0.39, 0.29) is 19.6 Å². The SMILES string of the molecule is CCOC(=O)[C@@](NCCc1ccc(F)cc1)(NC(C)=O)C(F)(F)F. The number of rotatable bonds is 7. The van der Waals surface area contributed by atoms with Crippen molar-refractivity contribution >= 4 is 11.9 Å². The molecule has 0 aliphatic carbocycles. The van der Waals surface area contributed by atoms with Crippen molar-refractivity contribution in [2.75, 3.05) is 13.2 Å². The Kier molecular flexibility index (Phi) is 6.70. The highest BCUT2D eigenvalue weighted by Crippen LogP contribution is 2.29. The second-order valence-corrected chi connectivity index (χ2v) is 4.95. The zero-order valence-electron chi connectivity index (χ0n) is 13.2. The van der Waals surface area contributed by atoms with Gasteiger partial charge in [0.1, 0.15) is 5.82 Å². The Morgan fingerprint density at radius 2 is 1.75 bits per heavy atom. The third-order valence-corrected chi connectivity index (χ3v) is 3.09. The molecule has 2 N–H and O–H groups in total. The number of alkyl halides is 3. The van der Waals surface area contributed by atoms with Crippen LogP contribution in [0.25, 0.3) is 0 Å². The second-order valence-electron chi connectivity index (χ2n) is 4.95. The Bertz CT molecular complexity index is 575. The fourth-order valence-electron chi connectivity index (χ4n) is 2.00. The van der Waals surface area contributed by atoms with E-state index in [9.17, 15) is 27.2 Å². The summed E-state index contributed by atoms with van der Waals surface area (Å²) in [6.07, 6.45) is -5.04. The van der Waals surface area contributed by atoms with Crippen LogP contribution in [-0.4, -0.2) is 36.9 Å². The standard InChI is InChI=1S/C15H18F4N2O3/c1-3-24-13(23)14(15(17,18)19,21-10(2)22)20-9-8-11-4-6-12(16)7-5-11/h4-7,20H,3,8-9H2,1-2H3,(H,21,22)/t14-/m1/s1. The molecule has 9 heteroatoms. The molecule has 0 fully saturated rings. The van der Waals surface area contributed by atoms with Crippen LogP contribution in [0.2, 0.25) is 0 Å². The molecule has 0 heterocycles. The van der Waals surface area contributed by atoms with E-state index >= 15 is 0 Å². The topological polar surface area (TPSA) is 67.4 Å². The van der Waals surface area contributed by atoms with Gasteiger partial charge in [0.2, 0.25) is 5.91 Å². The molecule has 0 saturated heterocycles. The average Bonchev–Trinajstić information content (AvgIpc) is 2.46. The van der Waals surface area contributed by atoms with Crippen LogP contribution in [-0.2, 0) is 20.7 Å². The summed E-state index contributed by atoms with van der Waals surface area (Å²) < 4.78 is 57.7. The normalized spacial score (nSPS) is 13.9. The van der Waals surface area contributed by atoms with Crippen LogP contribution in [0, 0.1) is 5.82 Å². The number of hydrogen-bond acceptors (Lipinski definition) is 4. The van der Waals surface area contributed by atoms with Gasteiger partial charge < -0.3 is 10.1 Å². The summed E-state index contributed by atoms with van der Waals surface area (Å²) in [6.45, 7) is 1.63. The number of benzene rings is 1. The fourth-order valence-corrected chi connectivity index (χ4v) is 2.00. The van der Waals surface area contributed by atoms with Gasteiger partial charge in [-0.05, 0) is 31.0 Å². The van der Waals surface area contributed by atoms with Crippen LogP contribution >= 0.6 is 0 Å². The van der Waals surface area contributed by atoms with Gasteiger partial charge in [-0.2, -0.15) is 13.2 Å². The second kappa shape index (κ2) is 8.09. The molecular weight excluding hydrogens is 332 g/mol. The van der Waals surface area contributed by atoms with Crippen molar-refractivity contribution in [1.29, 1.82) is 0 Å². The van der Waals surface area contributed by atoms with Gasteiger partial charge >= 0.3 is 12.1 Å². The van der Waals surface area contributed by atoms with E-state index in [1.165, 1.54) is 31.2 Å². The molecule has 0 aromatic heterocycles. The first-order chi connectivity index (χ1) is 11.1. The fraction of sp³-hybridized carbons (Fsp3) is 0.467. The predicted octanol–water partition coefficient (Wildman–Crippen LogP) is 1.92. The molecule has 1 aromatic rings. The Hall–Kier alpha value is -2.16. The molecule has 0 aliphatic heterocycles. The van der Waals surface area contributed by atoms with E-state index in [4.69, 9.17) is 0 Å². The van der Waals surface area contributed by atoms with Crippen molar-refractivity contribution in [2.45, 2.75) is 32.1 Å². The number of halogens is 4. The van der Waals surface area contributed by atoms with Gasteiger partial charge in [0.15, 0.2) is 0 Å². The number of nitrogens with one attached hydrogen (secondary N) is 2.